The van der Waals surface area contributed by atoms with Gasteiger partial charge in [-0.3, -0.25) is 9.59 Å². The Hall–Kier alpha value is -2.53. The molecule has 0 radical (unpaired) electrons. The number of hydrogen-bond acceptors (Lipinski definition) is 3. The molecule has 0 unspecified atom stereocenters. The van der Waals surface area contributed by atoms with Crippen LogP contribution in [0.3, 0.4) is 0 Å². The maximum atomic E-state index is 12.5. The topological polar surface area (TPSA) is 67.4 Å². The highest BCUT2D eigenvalue weighted by Crippen LogP contribution is 2.46. The van der Waals surface area contributed by atoms with Crippen molar-refractivity contribution in [3.05, 3.63) is 59.1 Å². The summed E-state index contributed by atoms with van der Waals surface area (Å²) in [5.74, 6) is 0.284. The molecule has 1 aliphatic rings. The first-order valence-electron chi connectivity index (χ1n) is 8.52. The summed E-state index contributed by atoms with van der Waals surface area (Å²) in [6, 6.07) is 14.6. The minimum Gasteiger partial charge on any atom is -0.497 e. The van der Waals surface area contributed by atoms with Gasteiger partial charge in [0.1, 0.15) is 11.2 Å². The number of ether oxygens (including phenoxy) is 1. The molecule has 0 heterocycles. The molecule has 0 aliphatic heterocycles. The number of halogens is 1. The number of methoxy groups -OCH3 is 1. The molecule has 0 atom stereocenters. The van der Waals surface area contributed by atoms with Gasteiger partial charge in [0.2, 0.25) is 11.8 Å². The Kier molecular flexibility index (Phi) is 5.47. The number of nitrogens with one attached hydrogen (secondary N) is 2. The van der Waals surface area contributed by atoms with E-state index in [0.29, 0.717) is 36.5 Å². The molecule has 2 aromatic carbocycles. The van der Waals surface area contributed by atoms with Crippen molar-refractivity contribution in [2.24, 2.45) is 5.41 Å². The molecule has 5 nitrogen and oxygen atoms in total. The van der Waals surface area contributed by atoms with Gasteiger partial charge in [-0.05, 0) is 55.2 Å². The van der Waals surface area contributed by atoms with Gasteiger partial charge in [-0.25, -0.2) is 0 Å². The van der Waals surface area contributed by atoms with E-state index in [2.05, 4.69) is 10.6 Å². The lowest BCUT2D eigenvalue weighted by atomic mass is 10.0. The maximum absolute atomic E-state index is 12.5. The van der Waals surface area contributed by atoms with E-state index in [1.165, 1.54) is 0 Å². The molecule has 3 rings (SSSR count). The van der Waals surface area contributed by atoms with Gasteiger partial charge in [0.15, 0.2) is 0 Å². The Balaban J connectivity index is 1.54. The first kappa shape index (κ1) is 18.3. The van der Waals surface area contributed by atoms with Crippen LogP contribution in [0.5, 0.6) is 5.75 Å². The molecular formula is C20H21ClN2O3. The van der Waals surface area contributed by atoms with Crippen LogP contribution in [0.4, 0.5) is 5.69 Å². The lowest BCUT2D eigenvalue weighted by Gasteiger charge is -2.15. The molecule has 0 bridgehead atoms. The van der Waals surface area contributed by atoms with Crippen LogP contribution in [-0.4, -0.2) is 25.5 Å². The monoisotopic (exact) mass is 372 g/mol. The van der Waals surface area contributed by atoms with Crippen LogP contribution < -0.4 is 15.4 Å². The molecule has 0 aromatic heterocycles. The third-order valence-electron chi connectivity index (χ3n) is 4.54. The minimum atomic E-state index is -0.962. The van der Waals surface area contributed by atoms with Crippen LogP contribution >= 0.6 is 11.6 Å². The fourth-order valence-electron chi connectivity index (χ4n) is 2.82. The van der Waals surface area contributed by atoms with Crippen molar-refractivity contribution in [2.75, 3.05) is 19.0 Å². The number of amides is 2. The minimum absolute atomic E-state index is 0.222. The zero-order valence-electron chi connectivity index (χ0n) is 14.5. The van der Waals surface area contributed by atoms with Crippen LogP contribution in [0.1, 0.15) is 18.4 Å². The van der Waals surface area contributed by atoms with Gasteiger partial charge in [-0.1, -0.05) is 29.8 Å². The lowest BCUT2D eigenvalue weighted by molar-refractivity contribution is -0.134. The Bertz CT molecular complexity index is 818. The largest absolute Gasteiger partial charge is 0.497 e. The number of hydrogen-bond donors (Lipinski definition) is 2. The normalized spacial score (nSPS) is 14.4. The van der Waals surface area contributed by atoms with Gasteiger partial charge in [-0.2, -0.15) is 0 Å². The van der Waals surface area contributed by atoms with E-state index in [-0.39, 0.29) is 11.8 Å². The van der Waals surface area contributed by atoms with Crippen LogP contribution in [0, 0.1) is 5.41 Å². The molecule has 1 fully saturated rings. The molecule has 136 valence electrons. The van der Waals surface area contributed by atoms with Crippen molar-refractivity contribution in [1.29, 1.82) is 0 Å². The second-order valence-electron chi connectivity index (χ2n) is 6.40. The van der Waals surface area contributed by atoms with Crippen molar-refractivity contribution in [1.82, 2.24) is 5.32 Å². The number of carbonyl (C=O) groups excluding carboxylic acids is 2. The second-order valence-corrected chi connectivity index (χ2v) is 6.84. The molecule has 26 heavy (non-hydrogen) atoms. The number of carbonyl (C=O) groups is 2. The van der Waals surface area contributed by atoms with Gasteiger partial charge in [-0.15, -0.1) is 0 Å². The van der Waals surface area contributed by atoms with E-state index in [1.807, 2.05) is 24.3 Å². The van der Waals surface area contributed by atoms with Crippen LogP contribution in [0.15, 0.2) is 48.5 Å². The number of rotatable bonds is 7. The lowest BCUT2D eigenvalue weighted by Crippen LogP contribution is -2.40. The molecule has 0 saturated heterocycles. The quantitative estimate of drug-likeness (QED) is 0.732. The Morgan fingerprint density at radius 1 is 1.12 bits per heavy atom. The molecule has 1 saturated carbocycles. The summed E-state index contributed by atoms with van der Waals surface area (Å²) in [5.41, 5.74) is 0.701. The maximum Gasteiger partial charge on any atom is 0.240 e. The van der Waals surface area contributed by atoms with Gasteiger partial charge < -0.3 is 15.4 Å². The smallest absolute Gasteiger partial charge is 0.240 e. The molecular weight excluding hydrogens is 352 g/mol. The molecule has 2 aromatic rings. The molecule has 2 N–H and O–H groups in total. The summed E-state index contributed by atoms with van der Waals surface area (Å²) in [5, 5.41) is 6.21. The zero-order chi connectivity index (χ0) is 18.6. The predicted octanol–water partition coefficient (Wildman–Crippen LogP) is 3.43. The summed E-state index contributed by atoms with van der Waals surface area (Å²) in [7, 11) is 1.62. The Labute approximate surface area is 157 Å². The van der Waals surface area contributed by atoms with Crippen molar-refractivity contribution in [2.45, 2.75) is 19.3 Å². The van der Waals surface area contributed by atoms with Crippen LogP contribution in [0.2, 0.25) is 5.02 Å². The van der Waals surface area contributed by atoms with Gasteiger partial charge in [0.05, 0.1) is 7.11 Å². The molecule has 0 spiro atoms. The first-order chi connectivity index (χ1) is 12.5. The summed E-state index contributed by atoms with van der Waals surface area (Å²) < 4.78 is 5.19. The van der Waals surface area contributed by atoms with Gasteiger partial charge in [0, 0.05) is 17.3 Å². The van der Waals surface area contributed by atoms with Crippen molar-refractivity contribution < 1.29 is 14.3 Å². The molecule has 1 aliphatic carbocycles. The highest BCUT2D eigenvalue weighted by atomic mass is 35.5. The average molecular weight is 373 g/mol. The predicted molar refractivity (Wildman–Crippen MR) is 101 cm³/mol. The highest BCUT2D eigenvalue weighted by molar-refractivity contribution is 6.31. The number of benzene rings is 2. The van der Waals surface area contributed by atoms with Crippen LogP contribution in [-0.2, 0) is 16.0 Å². The standard InChI is InChI=1S/C20H21ClN2O3/c1-26-17-7-2-4-14(12-17)8-11-22-18(24)20(9-10-20)19(25)23-16-6-3-5-15(21)13-16/h2-7,12-13H,8-11H2,1H3,(H,22,24)(H,23,25). The van der Waals surface area contributed by atoms with Crippen molar-refractivity contribution >= 4 is 29.1 Å². The first-order valence-corrected chi connectivity index (χ1v) is 8.89. The van der Waals surface area contributed by atoms with E-state index in [4.69, 9.17) is 16.3 Å². The Morgan fingerprint density at radius 2 is 1.88 bits per heavy atom. The third-order valence-corrected chi connectivity index (χ3v) is 4.77. The van der Waals surface area contributed by atoms with Gasteiger partial charge in [0.25, 0.3) is 0 Å². The summed E-state index contributed by atoms with van der Waals surface area (Å²) >= 11 is 5.93. The summed E-state index contributed by atoms with van der Waals surface area (Å²) in [6.07, 6.45) is 1.80. The van der Waals surface area contributed by atoms with E-state index in [1.54, 1.807) is 31.4 Å². The molecule has 2 amide bonds. The van der Waals surface area contributed by atoms with Gasteiger partial charge >= 0.3 is 0 Å². The van der Waals surface area contributed by atoms with E-state index in [9.17, 15) is 9.59 Å². The second kappa shape index (κ2) is 7.79. The van der Waals surface area contributed by atoms with Crippen LogP contribution in [0.25, 0.3) is 0 Å². The third kappa shape index (κ3) is 4.17. The summed E-state index contributed by atoms with van der Waals surface area (Å²) in [6.45, 7) is 0.470. The molecule has 6 heteroatoms. The van der Waals surface area contributed by atoms with E-state index >= 15 is 0 Å². The zero-order valence-corrected chi connectivity index (χ0v) is 15.3. The fraction of sp³-hybridized carbons (Fsp3) is 0.300. The van der Waals surface area contributed by atoms with Crippen molar-refractivity contribution in [3.63, 3.8) is 0 Å². The van der Waals surface area contributed by atoms with E-state index < -0.39 is 5.41 Å². The van der Waals surface area contributed by atoms with E-state index in [0.717, 1.165) is 11.3 Å². The summed E-state index contributed by atoms with van der Waals surface area (Å²) in [4.78, 5) is 25.1. The SMILES string of the molecule is COc1cccc(CCNC(=O)C2(C(=O)Nc3cccc(Cl)c3)CC2)c1. The fourth-order valence-corrected chi connectivity index (χ4v) is 3.01. The highest BCUT2D eigenvalue weighted by Gasteiger charge is 2.56. The van der Waals surface area contributed by atoms with Crippen molar-refractivity contribution in [3.8, 4) is 5.75 Å². The average Bonchev–Trinajstić information content (AvgIpc) is 3.44. The number of anilines is 1. The Morgan fingerprint density at radius 3 is 2.58 bits per heavy atom.